The molecule has 0 aliphatic carbocycles. The van der Waals surface area contributed by atoms with Crippen molar-refractivity contribution < 1.29 is 0 Å². The summed E-state index contributed by atoms with van der Waals surface area (Å²) in [5.74, 6) is 0. The van der Waals surface area contributed by atoms with Gasteiger partial charge in [0.25, 0.3) is 0 Å². The lowest BCUT2D eigenvalue weighted by Gasteiger charge is -2.17. The van der Waals surface area contributed by atoms with Crippen LogP contribution in [0.5, 0.6) is 0 Å². The maximum Gasteiger partial charge on any atom is 0.0630 e. The fraction of sp³-hybridized carbons (Fsp3) is 0.133. The molecular formula is C15H15N3S. The van der Waals surface area contributed by atoms with Gasteiger partial charge in [-0.1, -0.05) is 6.07 Å². The van der Waals surface area contributed by atoms with E-state index in [0.29, 0.717) is 0 Å². The molecule has 19 heavy (non-hydrogen) atoms. The van der Waals surface area contributed by atoms with Crippen LogP contribution in [-0.4, -0.2) is 4.98 Å². The topological polar surface area (TPSA) is 50.9 Å². The molecule has 0 amide bonds. The molecule has 0 saturated heterocycles. The highest BCUT2D eigenvalue weighted by atomic mass is 32.1. The molecule has 4 heteroatoms. The molecule has 96 valence electrons. The Morgan fingerprint density at radius 2 is 2.16 bits per heavy atom. The molecule has 1 unspecified atom stereocenters. The summed E-state index contributed by atoms with van der Waals surface area (Å²) in [6.45, 7) is 2.14. The molecule has 0 fully saturated rings. The van der Waals surface area contributed by atoms with Gasteiger partial charge < -0.3 is 11.1 Å². The number of nitrogen functional groups attached to an aromatic ring is 1. The standard InChI is InChI=1S/C15H15N3S/c1-10(12-5-7-19-9-12)18-14-3-2-11-8-17-6-4-13(11)15(14)16/h2-10,18H,16H2,1H3. The number of benzene rings is 1. The summed E-state index contributed by atoms with van der Waals surface area (Å²) in [5, 5.41) is 9.81. The normalized spacial score (nSPS) is 12.5. The molecular weight excluding hydrogens is 254 g/mol. The summed E-state index contributed by atoms with van der Waals surface area (Å²) in [4.78, 5) is 4.11. The summed E-state index contributed by atoms with van der Waals surface area (Å²) in [6, 6.07) is 8.38. The Morgan fingerprint density at radius 1 is 1.26 bits per heavy atom. The van der Waals surface area contributed by atoms with Crippen LogP contribution >= 0.6 is 11.3 Å². The summed E-state index contributed by atoms with van der Waals surface area (Å²) in [6.07, 6.45) is 3.60. The predicted molar refractivity (Wildman–Crippen MR) is 82.5 cm³/mol. The second kappa shape index (κ2) is 4.90. The zero-order valence-corrected chi connectivity index (χ0v) is 11.4. The molecule has 3 rings (SSSR count). The van der Waals surface area contributed by atoms with Crippen LogP contribution < -0.4 is 11.1 Å². The molecule has 1 aromatic carbocycles. The zero-order valence-electron chi connectivity index (χ0n) is 10.6. The van der Waals surface area contributed by atoms with Crippen LogP contribution in [0.25, 0.3) is 10.8 Å². The van der Waals surface area contributed by atoms with Crippen LogP contribution in [0.3, 0.4) is 0 Å². The molecule has 0 aliphatic rings. The van der Waals surface area contributed by atoms with E-state index in [4.69, 9.17) is 5.73 Å². The number of pyridine rings is 1. The molecule has 2 aromatic heterocycles. The van der Waals surface area contributed by atoms with Crippen LogP contribution in [0.2, 0.25) is 0 Å². The minimum absolute atomic E-state index is 0.243. The van der Waals surface area contributed by atoms with Gasteiger partial charge in [0.2, 0.25) is 0 Å². The summed E-state index contributed by atoms with van der Waals surface area (Å²) in [5.41, 5.74) is 9.26. The highest BCUT2D eigenvalue weighted by molar-refractivity contribution is 7.08. The second-order valence-electron chi connectivity index (χ2n) is 4.55. The number of rotatable bonds is 3. The van der Waals surface area contributed by atoms with Gasteiger partial charge in [0.1, 0.15) is 0 Å². The van der Waals surface area contributed by atoms with Gasteiger partial charge in [0.15, 0.2) is 0 Å². The van der Waals surface area contributed by atoms with Crippen molar-refractivity contribution in [1.82, 2.24) is 4.98 Å². The van der Waals surface area contributed by atoms with E-state index in [1.807, 2.05) is 24.4 Å². The average molecular weight is 269 g/mol. The van der Waals surface area contributed by atoms with E-state index in [2.05, 4.69) is 34.1 Å². The van der Waals surface area contributed by atoms with Crippen LogP contribution in [0, 0.1) is 0 Å². The van der Waals surface area contributed by atoms with E-state index in [0.717, 1.165) is 22.1 Å². The average Bonchev–Trinajstić information content (AvgIpc) is 2.96. The van der Waals surface area contributed by atoms with Crippen LogP contribution in [-0.2, 0) is 0 Å². The molecule has 0 radical (unpaired) electrons. The molecule has 0 aliphatic heterocycles. The van der Waals surface area contributed by atoms with Crippen LogP contribution in [0.4, 0.5) is 11.4 Å². The molecule has 1 atom stereocenters. The number of hydrogen-bond donors (Lipinski definition) is 2. The number of nitrogens with two attached hydrogens (primary N) is 1. The third-order valence-electron chi connectivity index (χ3n) is 3.28. The lowest BCUT2D eigenvalue weighted by molar-refractivity contribution is 0.892. The van der Waals surface area contributed by atoms with Gasteiger partial charge in [-0.2, -0.15) is 11.3 Å². The molecule has 0 saturated carbocycles. The maximum absolute atomic E-state index is 6.23. The van der Waals surface area contributed by atoms with Crippen LogP contribution in [0.15, 0.2) is 47.4 Å². The van der Waals surface area contributed by atoms with Gasteiger partial charge in [-0.15, -0.1) is 0 Å². The second-order valence-corrected chi connectivity index (χ2v) is 5.33. The third-order valence-corrected chi connectivity index (χ3v) is 3.98. The van der Waals surface area contributed by atoms with E-state index < -0.39 is 0 Å². The molecule has 3 N–H and O–H groups in total. The molecule has 2 heterocycles. The Hall–Kier alpha value is -2.07. The number of fused-ring (bicyclic) bond motifs is 1. The fourth-order valence-corrected chi connectivity index (χ4v) is 2.91. The van der Waals surface area contributed by atoms with Gasteiger partial charge in [-0.3, -0.25) is 4.98 Å². The van der Waals surface area contributed by atoms with Gasteiger partial charge in [0, 0.05) is 29.2 Å². The van der Waals surface area contributed by atoms with Crippen molar-refractivity contribution in [2.75, 3.05) is 11.1 Å². The number of nitrogens with zero attached hydrogens (tertiary/aromatic N) is 1. The van der Waals surface area contributed by atoms with Crippen molar-refractivity contribution in [3.8, 4) is 0 Å². The fourth-order valence-electron chi connectivity index (χ4n) is 2.16. The zero-order chi connectivity index (χ0) is 13.2. The van der Waals surface area contributed by atoms with E-state index >= 15 is 0 Å². The number of nitrogens with one attached hydrogen (secondary N) is 1. The number of thiophene rings is 1. The summed E-state index contributed by atoms with van der Waals surface area (Å²) >= 11 is 1.71. The first-order chi connectivity index (χ1) is 9.25. The van der Waals surface area contributed by atoms with Gasteiger partial charge in [-0.25, -0.2) is 0 Å². The molecule has 3 nitrogen and oxygen atoms in total. The van der Waals surface area contributed by atoms with Crippen molar-refractivity contribution in [2.45, 2.75) is 13.0 Å². The van der Waals surface area contributed by atoms with Gasteiger partial charge in [0.05, 0.1) is 11.4 Å². The van der Waals surface area contributed by atoms with Crippen LogP contribution in [0.1, 0.15) is 18.5 Å². The molecule has 3 aromatic rings. The summed E-state index contributed by atoms with van der Waals surface area (Å²) < 4.78 is 0. The first-order valence-corrected chi connectivity index (χ1v) is 7.11. The minimum Gasteiger partial charge on any atom is -0.397 e. The Morgan fingerprint density at radius 3 is 2.95 bits per heavy atom. The van der Waals surface area contributed by atoms with E-state index in [9.17, 15) is 0 Å². The highest BCUT2D eigenvalue weighted by Crippen LogP contribution is 2.31. The summed E-state index contributed by atoms with van der Waals surface area (Å²) in [7, 11) is 0. The van der Waals surface area contributed by atoms with Crippen molar-refractivity contribution in [2.24, 2.45) is 0 Å². The number of aromatic nitrogens is 1. The smallest absolute Gasteiger partial charge is 0.0630 e. The van der Waals surface area contributed by atoms with E-state index in [-0.39, 0.29) is 6.04 Å². The molecule has 0 bridgehead atoms. The Bertz CT molecular complexity index is 692. The molecule has 0 spiro atoms. The van der Waals surface area contributed by atoms with Crippen molar-refractivity contribution >= 4 is 33.5 Å². The maximum atomic E-state index is 6.23. The van der Waals surface area contributed by atoms with Gasteiger partial charge in [-0.05, 0) is 41.4 Å². The first-order valence-electron chi connectivity index (χ1n) is 6.16. The number of anilines is 2. The van der Waals surface area contributed by atoms with E-state index in [1.165, 1.54) is 5.56 Å². The van der Waals surface area contributed by atoms with E-state index in [1.54, 1.807) is 17.5 Å². The monoisotopic (exact) mass is 269 g/mol. The third kappa shape index (κ3) is 2.27. The minimum atomic E-state index is 0.243. The lowest BCUT2D eigenvalue weighted by atomic mass is 10.1. The lowest BCUT2D eigenvalue weighted by Crippen LogP contribution is -2.07. The Balaban J connectivity index is 1.95. The van der Waals surface area contributed by atoms with Crippen molar-refractivity contribution in [1.29, 1.82) is 0 Å². The number of hydrogen-bond acceptors (Lipinski definition) is 4. The van der Waals surface area contributed by atoms with Crippen molar-refractivity contribution in [3.05, 3.63) is 53.0 Å². The van der Waals surface area contributed by atoms with Gasteiger partial charge >= 0.3 is 0 Å². The van der Waals surface area contributed by atoms with Crippen molar-refractivity contribution in [3.63, 3.8) is 0 Å². The quantitative estimate of drug-likeness (QED) is 0.705. The Labute approximate surface area is 116 Å². The SMILES string of the molecule is CC(Nc1ccc2cnccc2c1N)c1ccsc1. The first kappa shape index (κ1) is 12.0. The Kier molecular flexibility index (Phi) is 3.09. The predicted octanol–water partition coefficient (Wildman–Crippen LogP) is 4.05. The highest BCUT2D eigenvalue weighted by Gasteiger charge is 2.09. The largest absolute Gasteiger partial charge is 0.397 e.